The minimum Gasteiger partial charge on any atom is -0.480 e. The molecule has 0 aromatic carbocycles. The van der Waals surface area contributed by atoms with Crippen LogP contribution in [0.25, 0.3) is 0 Å². The van der Waals surface area contributed by atoms with Gasteiger partial charge in [0.2, 0.25) is 0 Å². The fourth-order valence-corrected chi connectivity index (χ4v) is 2.80. The Bertz CT molecular complexity index is 384. The zero-order valence-electron chi connectivity index (χ0n) is 9.60. The topological polar surface area (TPSA) is 107 Å². The summed E-state index contributed by atoms with van der Waals surface area (Å²) in [5.41, 5.74) is 0. The van der Waals surface area contributed by atoms with E-state index < -0.39 is 42.3 Å². The summed E-state index contributed by atoms with van der Waals surface area (Å²) in [7, 11) is 0. The molecule has 2 bridgehead atoms. The molecule has 2 fully saturated rings. The maximum Gasteiger partial charge on any atom is 0.411 e. The number of carbonyl (C=O) groups excluding carboxylic acids is 1. The van der Waals surface area contributed by atoms with Crippen LogP contribution in [0.1, 0.15) is 6.42 Å². The maximum atomic E-state index is 11.8. The number of carboxylic acids is 1. The molecule has 5 unspecified atom stereocenters. The first-order valence-electron chi connectivity index (χ1n) is 5.64. The van der Waals surface area contributed by atoms with Crippen molar-refractivity contribution in [3.05, 3.63) is 12.7 Å². The molecule has 1 amide bonds. The zero-order valence-corrected chi connectivity index (χ0v) is 9.60. The molecule has 1 saturated carbocycles. The molecule has 7 nitrogen and oxygen atoms in total. The molecule has 2 aliphatic rings. The van der Waals surface area contributed by atoms with Crippen LogP contribution < -0.4 is 0 Å². The summed E-state index contributed by atoms with van der Waals surface area (Å²) in [5, 5.41) is 28.5. The van der Waals surface area contributed by atoms with Crippen LogP contribution in [0.2, 0.25) is 0 Å². The Morgan fingerprint density at radius 1 is 1.39 bits per heavy atom. The lowest BCUT2D eigenvalue weighted by Crippen LogP contribution is -2.58. The number of carbonyl (C=O) groups is 2. The number of amides is 1. The summed E-state index contributed by atoms with van der Waals surface area (Å²) in [6.07, 6.45) is -1.40. The number of piperidine rings is 1. The van der Waals surface area contributed by atoms with Crippen LogP contribution in [0.4, 0.5) is 4.79 Å². The van der Waals surface area contributed by atoms with Crippen molar-refractivity contribution in [1.29, 1.82) is 0 Å². The molecule has 0 spiro atoms. The van der Waals surface area contributed by atoms with Gasteiger partial charge in [0.25, 0.3) is 0 Å². The van der Waals surface area contributed by atoms with Gasteiger partial charge in [0.1, 0.15) is 18.8 Å². The number of ether oxygens (including phenoxy) is 1. The van der Waals surface area contributed by atoms with Gasteiger partial charge in [-0.25, -0.2) is 9.59 Å². The number of nitrogens with zero attached hydrogens (tertiary/aromatic N) is 1. The van der Waals surface area contributed by atoms with Crippen molar-refractivity contribution in [1.82, 2.24) is 4.90 Å². The second-order valence-electron chi connectivity index (χ2n) is 4.50. The molecule has 1 aliphatic heterocycles. The van der Waals surface area contributed by atoms with E-state index in [1.54, 1.807) is 0 Å². The average Bonchev–Trinajstić information content (AvgIpc) is 2.84. The minimum atomic E-state index is -1.20. The van der Waals surface area contributed by atoms with Crippen LogP contribution in [0.3, 0.4) is 0 Å². The summed E-state index contributed by atoms with van der Waals surface area (Å²) in [6, 6.07) is -1.85. The number of fused-ring (bicyclic) bond motifs is 2. The van der Waals surface area contributed by atoms with Gasteiger partial charge in [-0.05, 0) is 6.42 Å². The van der Waals surface area contributed by atoms with Crippen molar-refractivity contribution < 1.29 is 29.6 Å². The highest BCUT2D eigenvalue weighted by molar-refractivity contribution is 5.82. The van der Waals surface area contributed by atoms with Gasteiger partial charge in [-0.3, -0.25) is 4.90 Å². The molecule has 7 heteroatoms. The Kier molecular flexibility index (Phi) is 3.27. The SMILES string of the molecule is C=CCOC(=O)N1C2CC(C(O)C2O)C1C(=O)O. The smallest absolute Gasteiger partial charge is 0.411 e. The molecule has 100 valence electrons. The summed E-state index contributed by atoms with van der Waals surface area (Å²) in [6.45, 7) is 3.36. The van der Waals surface area contributed by atoms with Crippen molar-refractivity contribution in [2.75, 3.05) is 6.61 Å². The van der Waals surface area contributed by atoms with Crippen molar-refractivity contribution in [3.63, 3.8) is 0 Å². The van der Waals surface area contributed by atoms with Gasteiger partial charge >= 0.3 is 12.1 Å². The van der Waals surface area contributed by atoms with E-state index in [9.17, 15) is 19.8 Å². The standard InChI is InChI=1S/C11H15NO6/c1-2-3-18-11(17)12-6-4-5(7(12)10(15)16)8(13)9(6)14/h2,5-9,13-14H,1,3-4H2,(H,15,16). The number of aliphatic hydroxyl groups is 2. The molecule has 3 N–H and O–H groups in total. The van der Waals surface area contributed by atoms with Crippen molar-refractivity contribution in [2.24, 2.45) is 5.92 Å². The highest BCUT2D eigenvalue weighted by Crippen LogP contribution is 2.43. The molecule has 0 radical (unpaired) electrons. The van der Waals surface area contributed by atoms with Crippen molar-refractivity contribution in [3.8, 4) is 0 Å². The van der Waals surface area contributed by atoms with E-state index >= 15 is 0 Å². The Hall–Kier alpha value is -1.60. The van der Waals surface area contributed by atoms with Gasteiger partial charge < -0.3 is 20.1 Å². The van der Waals surface area contributed by atoms with Crippen LogP contribution in [0.5, 0.6) is 0 Å². The van der Waals surface area contributed by atoms with E-state index in [0.717, 1.165) is 4.90 Å². The van der Waals surface area contributed by atoms with Crippen LogP contribution in [-0.2, 0) is 9.53 Å². The summed E-state index contributed by atoms with van der Waals surface area (Å²) in [5.74, 6) is -1.86. The number of likely N-dealkylation sites (tertiary alicyclic amines) is 1. The normalized spacial score (nSPS) is 37.7. The minimum absolute atomic E-state index is 0.0301. The Balaban J connectivity index is 2.20. The average molecular weight is 257 g/mol. The largest absolute Gasteiger partial charge is 0.480 e. The predicted octanol–water partition coefficient (Wildman–Crippen LogP) is -0.812. The lowest BCUT2D eigenvalue weighted by atomic mass is 9.95. The lowest BCUT2D eigenvalue weighted by Gasteiger charge is -2.36. The molecule has 0 aromatic heterocycles. The third-order valence-electron chi connectivity index (χ3n) is 3.55. The second kappa shape index (κ2) is 4.58. The molecule has 1 saturated heterocycles. The van der Waals surface area contributed by atoms with Crippen LogP contribution in [0.15, 0.2) is 12.7 Å². The first kappa shape index (κ1) is 12.8. The predicted molar refractivity (Wildman–Crippen MR) is 58.7 cm³/mol. The third-order valence-corrected chi connectivity index (χ3v) is 3.55. The quantitative estimate of drug-likeness (QED) is 0.571. The highest BCUT2D eigenvalue weighted by Gasteiger charge is 2.61. The summed E-state index contributed by atoms with van der Waals surface area (Å²) in [4.78, 5) is 23.9. The van der Waals surface area contributed by atoms with Crippen molar-refractivity contribution in [2.45, 2.75) is 30.7 Å². The molecule has 1 heterocycles. The van der Waals surface area contributed by atoms with E-state index in [1.807, 2.05) is 0 Å². The molecule has 18 heavy (non-hydrogen) atoms. The van der Waals surface area contributed by atoms with Gasteiger partial charge in [-0.15, -0.1) is 0 Å². The van der Waals surface area contributed by atoms with E-state index in [1.165, 1.54) is 6.08 Å². The van der Waals surface area contributed by atoms with Gasteiger partial charge in [0.05, 0.1) is 12.1 Å². The molecule has 2 rings (SSSR count). The Morgan fingerprint density at radius 2 is 2.06 bits per heavy atom. The molecule has 0 aromatic rings. The first-order valence-corrected chi connectivity index (χ1v) is 5.64. The van der Waals surface area contributed by atoms with E-state index in [0.29, 0.717) is 0 Å². The first-order chi connectivity index (χ1) is 8.49. The zero-order chi connectivity index (χ0) is 13.4. The molecule has 1 aliphatic carbocycles. The monoisotopic (exact) mass is 257 g/mol. The third kappa shape index (κ3) is 1.75. The van der Waals surface area contributed by atoms with Gasteiger partial charge in [-0.1, -0.05) is 12.7 Å². The fourth-order valence-electron chi connectivity index (χ4n) is 2.80. The molecular formula is C11H15NO6. The van der Waals surface area contributed by atoms with Gasteiger partial charge in [0, 0.05) is 5.92 Å². The van der Waals surface area contributed by atoms with Gasteiger partial charge in [-0.2, -0.15) is 0 Å². The summed E-state index contributed by atoms with van der Waals surface area (Å²) >= 11 is 0. The van der Waals surface area contributed by atoms with Crippen LogP contribution in [0, 0.1) is 5.92 Å². The summed E-state index contributed by atoms with van der Waals surface area (Å²) < 4.78 is 4.80. The fraction of sp³-hybridized carbons (Fsp3) is 0.636. The number of rotatable bonds is 3. The number of carboxylic acid groups (broad SMARTS) is 1. The number of hydrogen-bond donors (Lipinski definition) is 3. The van der Waals surface area contributed by atoms with E-state index in [-0.39, 0.29) is 13.0 Å². The van der Waals surface area contributed by atoms with Crippen LogP contribution in [-0.4, -0.2) is 63.2 Å². The van der Waals surface area contributed by atoms with Crippen molar-refractivity contribution >= 4 is 12.1 Å². The molecule has 5 atom stereocenters. The highest BCUT2D eigenvalue weighted by atomic mass is 16.6. The number of aliphatic carboxylic acids is 1. The number of hydrogen-bond acceptors (Lipinski definition) is 5. The lowest BCUT2D eigenvalue weighted by molar-refractivity contribution is -0.150. The maximum absolute atomic E-state index is 11.8. The van der Waals surface area contributed by atoms with E-state index in [2.05, 4.69) is 6.58 Å². The number of aliphatic hydroxyl groups excluding tert-OH is 2. The van der Waals surface area contributed by atoms with Crippen LogP contribution >= 0.6 is 0 Å². The van der Waals surface area contributed by atoms with E-state index in [4.69, 9.17) is 9.84 Å². The van der Waals surface area contributed by atoms with Gasteiger partial charge in [0.15, 0.2) is 0 Å². The Labute approximate surface area is 103 Å². The molecular weight excluding hydrogens is 242 g/mol. The Morgan fingerprint density at radius 3 is 2.61 bits per heavy atom. The second-order valence-corrected chi connectivity index (χ2v) is 4.50.